The van der Waals surface area contributed by atoms with Gasteiger partial charge >= 0.3 is 0 Å². The van der Waals surface area contributed by atoms with Gasteiger partial charge in [-0.1, -0.05) is 19.8 Å². The number of carbonyl (C=O) groups is 1. The van der Waals surface area contributed by atoms with Gasteiger partial charge in [0.25, 0.3) is 5.91 Å². The molecule has 0 unspecified atom stereocenters. The third-order valence-corrected chi connectivity index (χ3v) is 3.87. The number of amides is 1. The van der Waals surface area contributed by atoms with Crippen molar-refractivity contribution in [3.63, 3.8) is 0 Å². The van der Waals surface area contributed by atoms with Gasteiger partial charge in [0.15, 0.2) is 0 Å². The molecule has 0 saturated heterocycles. The molecule has 2 rings (SSSR count). The van der Waals surface area contributed by atoms with Crippen molar-refractivity contribution in [1.82, 2.24) is 14.9 Å². The first-order chi connectivity index (χ1) is 12.2. The van der Waals surface area contributed by atoms with E-state index in [-0.39, 0.29) is 0 Å². The number of hydrogen-bond acceptors (Lipinski definition) is 5. The highest BCUT2D eigenvalue weighted by molar-refractivity contribution is 5.90. The summed E-state index contributed by atoms with van der Waals surface area (Å²) in [7, 11) is 1.67. The Bertz CT molecular complexity index is 724. The van der Waals surface area contributed by atoms with Crippen LogP contribution in [0, 0.1) is 0 Å². The van der Waals surface area contributed by atoms with Crippen LogP contribution in [0.3, 0.4) is 0 Å². The van der Waals surface area contributed by atoms with Crippen molar-refractivity contribution >= 4 is 23.4 Å². The molecule has 0 atom stereocenters. The largest absolute Gasteiger partial charge is 0.383 e. The standard InChI is InChI=1S/C18H26N4O3/c1-3-4-5-6-15-18(19-11-12-25-2)22-13-14(7-9-16(22)20-15)8-10-17(23)21-24/h7-10,13,19,24H,3-6,11-12H2,1-2H3,(H,21,23). The smallest absolute Gasteiger partial charge is 0.267 e. The molecule has 0 bridgehead atoms. The Morgan fingerprint density at radius 2 is 2.24 bits per heavy atom. The van der Waals surface area contributed by atoms with Crippen molar-refractivity contribution < 1.29 is 14.7 Å². The molecule has 0 aliphatic rings. The minimum absolute atomic E-state index is 0.565. The first-order valence-corrected chi connectivity index (χ1v) is 8.55. The molecule has 2 heterocycles. The topological polar surface area (TPSA) is 87.9 Å². The van der Waals surface area contributed by atoms with Crippen LogP contribution in [0.2, 0.25) is 0 Å². The molecule has 0 saturated carbocycles. The predicted molar refractivity (Wildman–Crippen MR) is 97.7 cm³/mol. The molecular weight excluding hydrogens is 320 g/mol. The fraction of sp³-hybridized carbons (Fsp3) is 0.444. The van der Waals surface area contributed by atoms with E-state index < -0.39 is 5.91 Å². The highest BCUT2D eigenvalue weighted by Gasteiger charge is 2.12. The quantitative estimate of drug-likeness (QED) is 0.266. The van der Waals surface area contributed by atoms with E-state index >= 15 is 0 Å². The summed E-state index contributed by atoms with van der Waals surface area (Å²) in [6.07, 6.45) is 9.20. The zero-order chi connectivity index (χ0) is 18.1. The van der Waals surface area contributed by atoms with Crippen LogP contribution in [0.1, 0.15) is 37.4 Å². The Balaban J connectivity index is 2.31. The summed E-state index contributed by atoms with van der Waals surface area (Å²) in [6, 6.07) is 3.81. The maximum atomic E-state index is 11.1. The normalized spacial score (nSPS) is 11.3. The van der Waals surface area contributed by atoms with Gasteiger partial charge in [0.1, 0.15) is 11.5 Å². The van der Waals surface area contributed by atoms with Crippen LogP contribution in [-0.2, 0) is 16.0 Å². The Hall–Kier alpha value is -2.38. The molecule has 0 aliphatic carbocycles. The summed E-state index contributed by atoms with van der Waals surface area (Å²) in [5, 5.41) is 12.0. The molecular formula is C18H26N4O3. The maximum absolute atomic E-state index is 11.1. The molecule has 3 N–H and O–H groups in total. The minimum atomic E-state index is -0.565. The number of nitrogens with one attached hydrogen (secondary N) is 2. The number of imidazole rings is 1. The molecule has 0 aromatic carbocycles. The zero-order valence-electron chi connectivity index (χ0n) is 14.8. The third-order valence-electron chi connectivity index (χ3n) is 3.87. The lowest BCUT2D eigenvalue weighted by Crippen LogP contribution is -2.14. The van der Waals surface area contributed by atoms with Gasteiger partial charge in [0.05, 0.1) is 12.3 Å². The fourth-order valence-electron chi connectivity index (χ4n) is 2.59. The Labute approximate surface area is 147 Å². The van der Waals surface area contributed by atoms with E-state index in [1.54, 1.807) is 18.7 Å². The first-order valence-electron chi connectivity index (χ1n) is 8.55. The summed E-state index contributed by atoms with van der Waals surface area (Å²) in [6.45, 7) is 3.48. The minimum Gasteiger partial charge on any atom is -0.383 e. The Morgan fingerprint density at radius 3 is 2.96 bits per heavy atom. The van der Waals surface area contributed by atoms with E-state index in [0.717, 1.165) is 35.6 Å². The van der Waals surface area contributed by atoms with Gasteiger partial charge in [-0.3, -0.25) is 14.4 Å². The van der Waals surface area contributed by atoms with E-state index in [1.807, 2.05) is 22.7 Å². The number of hydrogen-bond donors (Lipinski definition) is 3. The molecule has 136 valence electrons. The summed E-state index contributed by atoms with van der Waals surface area (Å²) in [5.41, 5.74) is 4.31. The van der Waals surface area contributed by atoms with Gasteiger partial charge in [0.2, 0.25) is 0 Å². The summed E-state index contributed by atoms with van der Waals surface area (Å²) in [4.78, 5) is 15.9. The monoisotopic (exact) mass is 346 g/mol. The first kappa shape index (κ1) is 19.0. The highest BCUT2D eigenvalue weighted by Crippen LogP contribution is 2.21. The number of unbranched alkanes of at least 4 members (excludes halogenated alkanes) is 2. The number of fused-ring (bicyclic) bond motifs is 1. The summed E-state index contributed by atoms with van der Waals surface area (Å²) >= 11 is 0. The summed E-state index contributed by atoms with van der Waals surface area (Å²) < 4.78 is 7.11. The second-order valence-electron chi connectivity index (χ2n) is 5.78. The lowest BCUT2D eigenvalue weighted by Gasteiger charge is -2.08. The number of pyridine rings is 1. The average Bonchev–Trinajstić information content (AvgIpc) is 2.97. The number of carbonyl (C=O) groups excluding carboxylic acids is 1. The van der Waals surface area contributed by atoms with Gasteiger partial charge in [-0.05, 0) is 36.6 Å². The van der Waals surface area contributed by atoms with Crippen molar-refractivity contribution in [2.45, 2.75) is 32.6 Å². The molecule has 2 aromatic heterocycles. The molecule has 1 amide bonds. The van der Waals surface area contributed by atoms with Gasteiger partial charge < -0.3 is 10.1 Å². The van der Waals surface area contributed by atoms with Crippen LogP contribution in [0.4, 0.5) is 5.82 Å². The third kappa shape index (κ3) is 5.30. The van der Waals surface area contributed by atoms with Crippen molar-refractivity contribution in [3.05, 3.63) is 35.7 Å². The second kappa shape index (κ2) is 9.80. The molecule has 0 spiro atoms. The van der Waals surface area contributed by atoms with E-state index in [9.17, 15) is 4.79 Å². The van der Waals surface area contributed by atoms with Crippen LogP contribution in [0.25, 0.3) is 11.7 Å². The zero-order valence-corrected chi connectivity index (χ0v) is 14.8. The van der Waals surface area contributed by atoms with Crippen molar-refractivity contribution in [3.8, 4) is 0 Å². The number of nitrogens with zero attached hydrogens (tertiary/aromatic N) is 2. The van der Waals surface area contributed by atoms with Gasteiger partial charge in [0, 0.05) is 25.9 Å². The number of aryl methyl sites for hydroxylation is 1. The number of anilines is 1. The summed E-state index contributed by atoms with van der Waals surface area (Å²) in [5.74, 6) is 0.398. The number of hydroxylamine groups is 1. The number of methoxy groups -OCH3 is 1. The number of ether oxygens (including phenoxy) is 1. The van der Waals surface area contributed by atoms with E-state index in [1.165, 1.54) is 18.9 Å². The number of rotatable bonds is 10. The van der Waals surface area contributed by atoms with Crippen LogP contribution in [0.15, 0.2) is 24.4 Å². The molecule has 2 aromatic rings. The number of aromatic nitrogens is 2. The van der Waals surface area contributed by atoms with E-state index in [0.29, 0.717) is 13.2 Å². The lowest BCUT2D eigenvalue weighted by atomic mass is 10.1. The van der Waals surface area contributed by atoms with Crippen LogP contribution in [0.5, 0.6) is 0 Å². The Kier molecular flexibility index (Phi) is 7.43. The molecule has 7 nitrogen and oxygen atoms in total. The molecule has 0 fully saturated rings. The second-order valence-corrected chi connectivity index (χ2v) is 5.78. The molecule has 7 heteroatoms. The van der Waals surface area contributed by atoms with Gasteiger partial charge in [-0.15, -0.1) is 0 Å². The Morgan fingerprint density at radius 1 is 1.40 bits per heavy atom. The van der Waals surface area contributed by atoms with Crippen LogP contribution in [-0.4, -0.2) is 40.8 Å². The van der Waals surface area contributed by atoms with Crippen LogP contribution < -0.4 is 10.8 Å². The lowest BCUT2D eigenvalue weighted by molar-refractivity contribution is -0.124. The van der Waals surface area contributed by atoms with E-state index in [4.69, 9.17) is 14.9 Å². The maximum Gasteiger partial charge on any atom is 0.267 e. The van der Waals surface area contributed by atoms with Crippen molar-refractivity contribution in [2.75, 3.05) is 25.6 Å². The van der Waals surface area contributed by atoms with Gasteiger partial charge in [-0.2, -0.15) is 0 Å². The molecule has 0 aliphatic heterocycles. The predicted octanol–water partition coefficient (Wildman–Crippen LogP) is 2.64. The highest BCUT2D eigenvalue weighted by atomic mass is 16.5. The van der Waals surface area contributed by atoms with Gasteiger partial charge in [-0.25, -0.2) is 10.5 Å². The fourth-order valence-corrected chi connectivity index (χ4v) is 2.59. The van der Waals surface area contributed by atoms with E-state index in [2.05, 4.69) is 12.2 Å². The SMILES string of the molecule is CCCCCc1nc2ccc(C=CC(=O)NO)cn2c1NCCOC. The molecule has 0 radical (unpaired) electrons. The van der Waals surface area contributed by atoms with Crippen molar-refractivity contribution in [1.29, 1.82) is 0 Å². The average molecular weight is 346 g/mol. The molecule has 25 heavy (non-hydrogen) atoms. The van der Waals surface area contributed by atoms with Crippen molar-refractivity contribution in [2.24, 2.45) is 0 Å². The van der Waals surface area contributed by atoms with Crippen LogP contribution >= 0.6 is 0 Å².